The van der Waals surface area contributed by atoms with E-state index in [1.54, 1.807) is 43.9 Å². The Bertz CT molecular complexity index is 3010. The molecule has 0 radical (unpaired) electrons. The molecule has 4 N–H and O–H groups in total. The van der Waals surface area contributed by atoms with Crippen LogP contribution in [0.3, 0.4) is 0 Å². The van der Waals surface area contributed by atoms with Crippen LogP contribution in [0.2, 0.25) is 0 Å². The first-order valence-corrected chi connectivity index (χ1v) is 30.5. The molecule has 458 valence electrons. The Labute approximate surface area is 499 Å². The summed E-state index contributed by atoms with van der Waals surface area (Å²) in [6.45, 7) is 13.4. The number of ether oxygens (including phenoxy) is 4. The Balaban J connectivity index is 0.687. The van der Waals surface area contributed by atoms with E-state index in [2.05, 4.69) is 63.9 Å². The minimum absolute atomic E-state index is 0.00339. The molecule has 2 saturated heterocycles. The Morgan fingerprint density at radius 2 is 1.56 bits per heavy atom. The molecule has 7 amide bonds. The molecule has 7 aliphatic rings. The van der Waals surface area contributed by atoms with E-state index < -0.39 is 53.0 Å². The van der Waals surface area contributed by atoms with Crippen LogP contribution < -0.4 is 20.9 Å². The molecule has 2 saturated carbocycles. The lowest BCUT2D eigenvalue weighted by atomic mass is 9.51. The summed E-state index contributed by atoms with van der Waals surface area (Å²) >= 11 is 0. The normalized spacial score (nSPS) is 25.5. The van der Waals surface area contributed by atoms with Crippen LogP contribution in [0.15, 0.2) is 65.3 Å². The van der Waals surface area contributed by atoms with E-state index in [0.29, 0.717) is 109 Å². The molecule has 85 heavy (non-hydrogen) atoms. The molecule has 0 bridgehead atoms. The zero-order chi connectivity index (χ0) is 60.6. The molecule has 4 fully saturated rings. The first kappa shape index (κ1) is 62.6. The largest absolute Gasteiger partial charge is 0.444 e. The minimum atomic E-state index is -1.05. The van der Waals surface area contributed by atoms with Gasteiger partial charge in [-0.25, -0.2) is 4.79 Å². The van der Waals surface area contributed by atoms with Gasteiger partial charge in [0.25, 0.3) is 11.8 Å². The second-order valence-corrected chi connectivity index (χ2v) is 24.9. The summed E-state index contributed by atoms with van der Waals surface area (Å²) in [7, 11) is 2.01. The molecule has 2 aromatic carbocycles. The highest BCUT2D eigenvalue weighted by molar-refractivity contribution is 6.25. The van der Waals surface area contributed by atoms with Gasteiger partial charge in [0.15, 0.2) is 5.78 Å². The fourth-order valence-electron chi connectivity index (χ4n) is 14.0. The number of hydrogen-bond donors (Lipinski definition) is 4. The van der Waals surface area contributed by atoms with Crippen molar-refractivity contribution in [3.8, 4) is 11.8 Å². The molecule has 9 rings (SSSR count). The van der Waals surface area contributed by atoms with E-state index in [4.69, 9.17) is 18.9 Å². The van der Waals surface area contributed by atoms with Crippen LogP contribution in [-0.4, -0.2) is 176 Å². The summed E-state index contributed by atoms with van der Waals surface area (Å²) in [4.78, 5) is 110. The average Bonchev–Trinajstić information content (AvgIpc) is 1.75. The number of carbonyl (C=O) groups is 8. The van der Waals surface area contributed by atoms with E-state index >= 15 is 0 Å². The van der Waals surface area contributed by atoms with Crippen molar-refractivity contribution in [2.75, 3.05) is 96.2 Å². The van der Waals surface area contributed by atoms with Crippen LogP contribution in [0, 0.1) is 29.1 Å². The number of imide groups is 2. The molecular formula is C65H85N7O13. The lowest BCUT2D eigenvalue weighted by Crippen LogP contribution is -2.62. The third-order valence-electron chi connectivity index (χ3n) is 18.3. The summed E-state index contributed by atoms with van der Waals surface area (Å²) in [5.41, 5.74) is 4.98. The number of nitrogens with zero attached hydrogens (tertiary/aromatic N) is 4. The minimum Gasteiger partial charge on any atom is -0.444 e. The first-order chi connectivity index (χ1) is 40.7. The SMILES string of the molecule is CC#C[C@]1(O)CCC2[C@@H]3CCC4=CC(=O)CCC4=C3[C@@H](c3ccc(N(C)CCCC(=O)N4CCN(C(=O)OC(C)(C)C)CC4C(=O)NCCCOCCOCCOCCCNc4cccc5c4C(=O)N(C4CCC(=O)NC4=O)C5=O)cc3)C[C@@]21C. The Kier molecular flexibility index (Phi) is 20.0. The molecule has 0 aromatic heterocycles. The summed E-state index contributed by atoms with van der Waals surface area (Å²) < 4.78 is 22.8. The second kappa shape index (κ2) is 27.2. The van der Waals surface area contributed by atoms with Gasteiger partial charge >= 0.3 is 6.09 Å². The molecule has 2 aromatic rings. The molecule has 3 unspecified atom stereocenters. The second-order valence-electron chi connectivity index (χ2n) is 24.9. The number of aliphatic hydroxyl groups is 1. The van der Waals surface area contributed by atoms with Crippen molar-refractivity contribution < 1.29 is 62.4 Å². The number of piperidine rings is 1. The fourth-order valence-corrected chi connectivity index (χ4v) is 14.0. The van der Waals surface area contributed by atoms with Crippen LogP contribution in [0.4, 0.5) is 16.2 Å². The number of nitrogens with one attached hydrogen (secondary N) is 3. The Hall–Kier alpha value is -6.92. The predicted molar refractivity (Wildman–Crippen MR) is 317 cm³/mol. The van der Waals surface area contributed by atoms with E-state index in [0.717, 1.165) is 42.7 Å². The Morgan fingerprint density at radius 3 is 2.27 bits per heavy atom. The Morgan fingerprint density at radius 1 is 0.847 bits per heavy atom. The fraction of sp³-hybridized carbons (Fsp3) is 0.600. The van der Waals surface area contributed by atoms with Gasteiger partial charge in [-0.1, -0.05) is 36.6 Å². The summed E-state index contributed by atoms with van der Waals surface area (Å²) in [6, 6.07) is 11.7. The third-order valence-corrected chi connectivity index (χ3v) is 18.3. The smallest absolute Gasteiger partial charge is 0.410 e. The van der Waals surface area contributed by atoms with Crippen molar-refractivity contribution in [1.82, 2.24) is 25.3 Å². The molecule has 20 heteroatoms. The number of fused-ring (bicyclic) bond motifs is 5. The number of carbonyl (C=O) groups excluding carboxylic acids is 8. The number of anilines is 2. The van der Waals surface area contributed by atoms with Crippen LogP contribution in [-0.2, 0) is 42.9 Å². The number of allylic oxidation sites excluding steroid dienone is 4. The number of hydrogen-bond acceptors (Lipinski definition) is 15. The van der Waals surface area contributed by atoms with Gasteiger partial charge in [-0.2, -0.15) is 0 Å². The number of rotatable bonds is 23. The van der Waals surface area contributed by atoms with E-state index in [-0.39, 0.29) is 79.0 Å². The number of ketones is 1. The highest BCUT2D eigenvalue weighted by Gasteiger charge is 2.62. The standard InChI is InChI=1S/C65H85N7O13/c1-7-26-65(81)27-25-50-47-21-17-43-39-45(73)20-22-46(43)56(47)49(40-64(50,65)5)42-15-18-44(19-16-42)69(6)30-9-14-55(75)71-32-31-70(62(80)85-63(2,3)4)41-53(71)58(76)67-29-11-34-83-36-38-84-37-35-82-33-10-28-66-51-13-8-12-48-57(51)61(79)72(60(48)78)52-23-24-54(74)68-59(52)77/h8,12-13,15-16,18-19,39,47,49-50,52-53,66,81H,9-11,14,17,20-25,27-38,40-41H2,1-6H3,(H,67,76)(H,68,74,77)/t47-,49+,50?,52?,53?,64-,65-/m0/s1. The topological polar surface area (TPSA) is 243 Å². The maximum atomic E-state index is 14.0. The summed E-state index contributed by atoms with van der Waals surface area (Å²) in [5.74, 6) is 4.53. The molecule has 0 spiro atoms. The van der Waals surface area contributed by atoms with Gasteiger partial charge in [0, 0.05) is 95.0 Å². The third kappa shape index (κ3) is 14.0. The van der Waals surface area contributed by atoms with Gasteiger partial charge in [-0.15, -0.1) is 5.92 Å². The van der Waals surface area contributed by atoms with Gasteiger partial charge in [-0.05, 0) is 151 Å². The van der Waals surface area contributed by atoms with E-state index in [9.17, 15) is 43.5 Å². The number of benzene rings is 2. The maximum absolute atomic E-state index is 14.0. The zero-order valence-electron chi connectivity index (χ0n) is 50.3. The number of piperazine rings is 1. The molecular weight excluding hydrogens is 1090 g/mol. The van der Waals surface area contributed by atoms with Crippen LogP contribution in [0.5, 0.6) is 0 Å². The molecule has 7 atom stereocenters. The summed E-state index contributed by atoms with van der Waals surface area (Å²) in [5, 5.41) is 20.5. The number of amides is 7. The first-order valence-electron chi connectivity index (χ1n) is 30.5. The summed E-state index contributed by atoms with van der Waals surface area (Å²) in [6.07, 6.45) is 8.93. The van der Waals surface area contributed by atoms with Gasteiger partial charge in [0.1, 0.15) is 23.3 Å². The van der Waals surface area contributed by atoms with Crippen molar-refractivity contribution in [3.63, 3.8) is 0 Å². The van der Waals surface area contributed by atoms with Crippen molar-refractivity contribution >= 4 is 58.7 Å². The highest BCUT2D eigenvalue weighted by Crippen LogP contribution is 2.66. The van der Waals surface area contributed by atoms with Crippen LogP contribution >= 0.6 is 0 Å². The van der Waals surface area contributed by atoms with Crippen molar-refractivity contribution in [1.29, 1.82) is 0 Å². The van der Waals surface area contributed by atoms with Crippen molar-refractivity contribution in [2.24, 2.45) is 17.3 Å². The van der Waals surface area contributed by atoms with Crippen molar-refractivity contribution in [2.45, 2.75) is 147 Å². The van der Waals surface area contributed by atoms with Gasteiger partial charge in [-0.3, -0.25) is 43.8 Å². The maximum Gasteiger partial charge on any atom is 0.410 e. The van der Waals surface area contributed by atoms with Crippen molar-refractivity contribution in [3.05, 3.63) is 82.0 Å². The van der Waals surface area contributed by atoms with Crippen LogP contribution in [0.25, 0.3) is 0 Å². The average molecular weight is 1170 g/mol. The van der Waals surface area contributed by atoms with E-state index in [1.165, 1.54) is 27.2 Å². The van der Waals surface area contributed by atoms with Gasteiger partial charge < -0.3 is 49.4 Å². The zero-order valence-corrected chi connectivity index (χ0v) is 50.3. The predicted octanol–water partition coefficient (Wildman–Crippen LogP) is 6.46. The van der Waals surface area contributed by atoms with Crippen LogP contribution in [0.1, 0.15) is 150 Å². The van der Waals surface area contributed by atoms with E-state index in [1.807, 2.05) is 20.0 Å². The quantitative estimate of drug-likeness (QED) is 0.0530. The molecule has 3 aliphatic heterocycles. The highest BCUT2D eigenvalue weighted by atomic mass is 16.6. The molecule has 3 heterocycles. The monoisotopic (exact) mass is 1170 g/mol. The molecule has 4 aliphatic carbocycles. The van der Waals surface area contributed by atoms with Gasteiger partial charge in [0.2, 0.25) is 23.6 Å². The van der Waals surface area contributed by atoms with Gasteiger partial charge in [0.05, 0.1) is 44.1 Å². The lowest BCUT2D eigenvalue weighted by molar-refractivity contribution is -0.143. The molecule has 20 nitrogen and oxygen atoms in total. The lowest BCUT2D eigenvalue weighted by Gasteiger charge is -2.53.